The van der Waals surface area contributed by atoms with Crippen molar-refractivity contribution in [2.45, 2.75) is 18.4 Å². The Hall–Kier alpha value is -3.45. The number of aryl methyl sites for hydroxylation is 1. The lowest BCUT2D eigenvalue weighted by molar-refractivity contribution is -0.576. The summed E-state index contributed by atoms with van der Waals surface area (Å²) in [5.74, 6) is -0.248. The number of aliphatic hydroxyl groups excluding tert-OH is 1. The van der Waals surface area contributed by atoms with Crippen molar-refractivity contribution in [2.75, 3.05) is 31.6 Å². The van der Waals surface area contributed by atoms with E-state index in [0.29, 0.717) is 37.6 Å². The van der Waals surface area contributed by atoms with Gasteiger partial charge in [0.05, 0.1) is 18.1 Å². The van der Waals surface area contributed by atoms with Gasteiger partial charge in [0.2, 0.25) is 10.0 Å². The molecule has 0 spiro atoms. The molecule has 1 aromatic heterocycles. The summed E-state index contributed by atoms with van der Waals surface area (Å²) < 4.78 is 63.5. The van der Waals surface area contributed by atoms with Crippen molar-refractivity contribution in [1.29, 1.82) is 0 Å². The molecule has 200 valence electrons. The van der Waals surface area contributed by atoms with Crippen molar-refractivity contribution < 1.29 is 36.3 Å². The van der Waals surface area contributed by atoms with Crippen LogP contribution in [0.3, 0.4) is 0 Å². The molecule has 2 heterocycles. The Kier molecular flexibility index (Phi) is 8.67. The van der Waals surface area contributed by atoms with Crippen LogP contribution >= 0.6 is 12.2 Å². The molecule has 1 saturated heterocycles. The molecule has 8 nitrogen and oxygen atoms in total. The Bertz CT molecular complexity index is 1420. The molecular weight excluding hydrogens is 536 g/mol. The van der Waals surface area contributed by atoms with Crippen molar-refractivity contribution in [3.8, 4) is 5.75 Å². The fraction of sp³-hybridized carbons (Fsp3) is 0.231. The van der Waals surface area contributed by atoms with E-state index in [2.05, 4.69) is 10.1 Å². The smallest absolute Gasteiger partial charge is 0.387 e. The summed E-state index contributed by atoms with van der Waals surface area (Å²) in [6, 6.07) is 15.3. The number of nitrogens with one attached hydrogen (secondary N) is 1. The van der Waals surface area contributed by atoms with Crippen LogP contribution in [-0.2, 0) is 14.8 Å². The first kappa shape index (κ1) is 27.6. The number of rotatable bonds is 8. The highest BCUT2D eigenvalue weighted by Gasteiger charge is 2.27. The van der Waals surface area contributed by atoms with Crippen molar-refractivity contribution in [1.82, 2.24) is 4.31 Å². The van der Waals surface area contributed by atoms with Gasteiger partial charge in [0.25, 0.3) is 5.70 Å². The molecule has 3 aromatic rings. The molecule has 4 rings (SSSR count). The second kappa shape index (κ2) is 11.9. The summed E-state index contributed by atoms with van der Waals surface area (Å²) in [6.45, 7) is 0.210. The summed E-state index contributed by atoms with van der Waals surface area (Å²) >= 11 is 5.64. The van der Waals surface area contributed by atoms with Crippen LogP contribution < -0.4 is 14.6 Å². The molecule has 0 saturated carbocycles. The van der Waals surface area contributed by atoms with E-state index >= 15 is 0 Å². The molecule has 12 heteroatoms. The van der Waals surface area contributed by atoms with Crippen molar-refractivity contribution in [3.63, 3.8) is 0 Å². The van der Waals surface area contributed by atoms with E-state index < -0.39 is 16.6 Å². The highest BCUT2D eigenvalue weighted by Crippen LogP contribution is 2.24. The number of halogens is 2. The standard InChI is InChI=1S/C26H25F2N3O5S2/c1-18-3-2-12-30(17-18)23(24(32)19-4-8-21(9-5-19)36-26(27)28)25(37)29-20-6-10-22(11-7-20)38(33,34)31-13-15-35-16-14-31/h2-12,17,26H,13-16H2,1H3,(H-,29,32,37)/p+1. The minimum Gasteiger partial charge on any atom is -0.502 e. The number of nitrogens with zero attached hydrogens (tertiary/aromatic N) is 2. The van der Waals surface area contributed by atoms with E-state index in [9.17, 15) is 22.3 Å². The Morgan fingerprint density at radius 2 is 1.76 bits per heavy atom. The molecule has 1 aliphatic rings. The summed E-state index contributed by atoms with van der Waals surface area (Å²) in [5, 5.41) is 14.2. The summed E-state index contributed by atoms with van der Waals surface area (Å²) in [4.78, 5) is 0.295. The van der Waals surface area contributed by atoms with Crippen LogP contribution in [-0.4, -0.2) is 55.7 Å². The molecule has 2 aromatic carbocycles. The number of morpholine rings is 1. The Morgan fingerprint density at radius 1 is 1.11 bits per heavy atom. The second-order valence-electron chi connectivity index (χ2n) is 8.38. The van der Waals surface area contributed by atoms with Crippen LogP contribution in [0.15, 0.2) is 78.0 Å². The quantitative estimate of drug-likeness (QED) is 0.184. The van der Waals surface area contributed by atoms with E-state index in [1.165, 1.54) is 40.7 Å². The molecule has 38 heavy (non-hydrogen) atoms. The van der Waals surface area contributed by atoms with Gasteiger partial charge in [-0.2, -0.15) is 17.7 Å². The van der Waals surface area contributed by atoms with Gasteiger partial charge in [-0.1, -0.05) is 12.2 Å². The number of hydrogen-bond donors (Lipinski definition) is 2. The maximum absolute atomic E-state index is 12.9. The van der Waals surface area contributed by atoms with Crippen molar-refractivity contribution in [2.24, 2.45) is 0 Å². The minimum atomic E-state index is -3.65. The van der Waals surface area contributed by atoms with Crippen LogP contribution in [0.4, 0.5) is 14.5 Å². The van der Waals surface area contributed by atoms with Gasteiger partial charge in [0.1, 0.15) is 5.75 Å². The van der Waals surface area contributed by atoms with Gasteiger partial charge in [0.15, 0.2) is 23.1 Å². The van der Waals surface area contributed by atoms with E-state index in [4.69, 9.17) is 17.0 Å². The predicted octanol–water partition coefficient (Wildman–Crippen LogP) is 4.23. The van der Waals surface area contributed by atoms with Crippen molar-refractivity contribution in [3.05, 3.63) is 84.2 Å². The van der Waals surface area contributed by atoms with E-state index in [1.54, 1.807) is 35.2 Å². The van der Waals surface area contributed by atoms with Gasteiger partial charge in [-0.05, 0) is 61.5 Å². The van der Waals surface area contributed by atoms with Gasteiger partial charge in [-0.25, -0.2) is 8.42 Å². The third-order valence-corrected chi connectivity index (χ3v) is 7.93. The number of thiocarbonyl (C=S) groups is 1. The number of benzene rings is 2. The zero-order valence-corrected chi connectivity index (χ0v) is 22.0. The van der Waals surface area contributed by atoms with Crippen LogP contribution in [0.1, 0.15) is 11.1 Å². The summed E-state index contributed by atoms with van der Waals surface area (Å²) in [5.41, 5.74) is 1.97. The molecule has 1 aliphatic heterocycles. The summed E-state index contributed by atoms with van der Waals surface area (Å²) in [6.07, 6.45) is 3.48. The topological polar surface area (TPSA) is 92.0 Å². The van der Waals surface area contributed by atoms with E-state index in [-0.39, 0.29) is 27.1 Å². The maximum Gasteiger partial charge on any atom is 0.387 e. The van der Waals surface area contributed by atoms with Crippen LogP contribution in [0.25, 0.3) is 11.5 Å². The Labute approximate surface area is 224 Å². The Balaban J connectivity index is 1.62. The number of aliphatic hydroxyl groups is 1. The molecule has 0 radical (unpaired) electrons. The lowest BCUT2D eigenvalue weighted by Gasteiger charge is -2.26. The highest BCUT2D eigenvalue weighted by molar-refractivity contribution is 7.89. The molecular formula is C26H26F2N3O5S2+. The van der Waals surface area contributed by atoms with Gasteiger partial charge >= 0.3 is 6.61 Å². The highest BCUT2D eigenvalue weighted by atomic mass is 32.2. The van der Waals surface area contributed by atoms with Gasteiger partial charge < -0.3 is 19.9 Å². The molecule has 0 amide bonds. The van der Waals surface area contributed by atoms with E-state index in [1.807, 2.05) is 13.0 Å². The lowest BCUT2D eigenvalue weighted by atomic mass is 10.1. The molecule has 1 fully saturated rings. The number of hydrogen-bond acceptors (Lipinski definition) is 6. The first-order valence-electron chi connectivity index (χ1n) is 11.6. The first-order chi connectivity index (χ1) is 18.1. The molecule has 2 N–H and O–H groups in total. The summed E-state index contributed by atoms with van der Waals surface area (Å²) in [7, 11) is -3.65. The normalized spacial score (nSPS) is 15.2. The third-order valence-electron chi connectivity index (χ3n) is 5.72. The molecule has 0 bridgehead atoms. The monoisotopic (exact) mass is 562 g/mol. The maximum atomic E-state index is 12.9. The van der Waals surface area contributed by atoms with Crippen LogP contribution in [0.5, 0.6) is 5.75 Å². The van der Waals surface area contributed by atoms with Crippen LogP contribution in [0.2, 0.25) is 0 Å². The number of anilines is 1. The van der Waals surface area contributed by atoms with E-state index in [0.717, 1.165) is 5.56 Å². The first-order valence-corrected chi connectivity index (χ1v) is 13.5. The lowest BCUT2D eigenvalue weighted by Crippen LogP contribution is -2.40. The molecule has 0 atom stereocenters. The zero-order chi connectivity index (χ0) is 27.3. The number of sulfonamides is 1. The Morgan fingerprint density at radius 3 is 2.37 bits per heavy atom. The second-order valence-corrected chi connectivity index (χ2v) is 10.7. The number of pyridine rings is 1. The largest absolute Gasteiger partial charge is 0.502 e. The number of aromatic nitrogens is 1. The third kappa shape index (κ3) is 6.51. The van der Waals surface area contributed by atoms with Crippen LogP contribution in [0, 0.1) is 6.92 Å². The van der Waals surface area contributed by atoms with Gasteiger partial charge in [-0.3, -0.25) is 0 Å². The zero-order valence-electron chi connectivity index (χ0n) is 20.4. The minimum absolute atomic E-state index is 0.0471. The SMILES string of the molecule is Cc1ccc[n+](C(C(=S)Nc2ccc(S(=O)(=O)N3CCOCC3)cc2)=C(O)c2ccc(OC(F)F)cc2)c1. The van der Waals surface area contributed by atoms with Crippen molar-refractivity contribution >= 4 is 44.4 Å². The fourth-order valence-electron chi connectivity index (χ4n) is 3.85. The van der Waals surface area contributed by atoms with Gasteiger partial charge in [0, 0.05) is 36.0 Å². The molecule has 0 unspecified atom stereocenters. The number of alkyl halides is 2. The predicted molar refractivity (Wildman–Crippen MR) is 142 cm³/mol. The average Bonchev–Trinajstić information content (AvgIpc) is 2.90. The fourth-order valence-corrected chi connectivity index (χ4v) is 5.57. The van der Waals surface area contributed by atoms with Gasteiger partial charge in [-0.15, -0.1) is 0 Å². The molecule has 0 aliphatic carbocycles. The number of ether oxygens (including phenoxy) is 2. The average molecular weight is 563 g/mol.